The number of hydrogen-bond acceptors (Lipinski definition) is 1. The lowest BCUT2D eigenvalue weighted by atomic mass is 10.1. The summed E-state index contributed by atoms with van der Waals surface area (Å²) >= 11 is 0. The fraction of sp³-hybridized carbons (Fsp3) is 0.188. The van der Waals surface area contributed by atoms with E-state index in [0.717, 1.165) is 16.9 Å². The van der Waals surface area contributed by atoms with Gasteiger partial charge < -0.3 is 4.57 Å². The molecule has 2 heteroatoms. The molecule has 18 heavy (non-hydrogen) atoms. The first-order valence-electron chi connectivity index (χ1n) is 6.15. The lowest BCUT2D eigenvalue weighted by Crippen LogP contribution is -1.92. The molecular formula is C16H16N2. The first-order valence-corrected chi connectivity index (χ1v) is 6.15. The van der Waals surface area contributed by atoms with E-state index in [1.165, 1.54) is 16.6 Å². The summed E-state index contributed by atoms with van der Waals surface area (Å²) in [7, 11) is 2.07. The largest absolute Gasteiger partial charge is 0.327 e. The number of aromatic nitrogens is 2. The minimum atomic E-state index is 1.02. The van der Waals surface area contributed by atoms with Gasteiger partial charge in [-0.3, -0.25) is 0 Å². The molecule has 0 aliphatic heterocycles. The van der Waals surface area contributed by atoms with Crippen LogP contribution in [0.3, 0.4) is 0 Å². The summed E-state index contributed by atoms with van der Waals surface area (Å²) < 4.78 is 2.15. The molecule has 2 nitrogen and oxygen atoms in total. The SMILES string of the molecule is Cc1ccc(-c2nc3cc(C)ccc3n2C)cc1. The monoisotopic (exact) mass is 236 g/mol. The molecule has 3 aromatic rings. The van der Waals surface area contributed by atoms with Gasteiger partial charge in [0.25, 0.3) is 0 Å². The molecule has 0 aliphatic rings. The maximum absolute atomic E-state index is 4.74. The van der Waals surface area contributed by atoms with Gasteiger partial charge in [0.2, 0.25) is 0 Å². The predicted octanol–water partition coefficient (Wildman–Crippen LogP) is 3.86. The van der Waals surface area contributed by atoms with Crippen molar-refractivity contribution in [1.29, 1.82) is 0 Å². The van der Waals surface area contributed by atoms with Crippen molar-refractivity contribution in [3.05, 3.63) is 53.6 Å². The summed E-state index contributed by atoms with van der Waals surface area (Å²) in [5, 5.41) is 0. The molecule has 0 fully saturated rings. The van der Waals surface area contributed by atoms with Gasteiger partial charge in [-0.05, 0) is 31.5 Å². The molecule has 0 radical (unpaired) electrons. The van der Waals surface area contributed by atoms with Crippen LogP contribution in [0.2, 0.25) is 0 Å². The van der Waals surface area contributed by atoms with Gasteiger partial charge in [-0.25, -0.2) is 4.98 Å². The summed E-state index contributed by atoms with van der Waals surface area (Å²) in [5.74, 6) is 1.02. The Morgan fingerprint density at radius 3 is 2.28 bits per heavy atom. The Bertz CT molecular complexity index is 706. The minimum absolute atomic E-state index is 1.02. The van der Waals surface area contributed by atoms with E-state index < -0.39 is 0 Å². The number of imidazole rings is 1. The standard InChI is InChI=1S/C16H16N2/c1-11-4-7-13(8-5-11)16-17-14-10-12(2)6-9-15(14)18(16)3/h4-10H,1-3H3. The van der Waals surface area contributed by atoms with Crippen molar-refractivity contribution in [2.45, 2.75) is 13.8 Å². The van der Waals surface area contributed by atoms with Gasteiger partial charge in [0, 0.05) is 12.6 Å². The molecule has 0 spiro atoms. The van der Waals surface area contributed by atoms with E-state index in [1.807, 2.05) is 0 Å². The van der Waals surface area contributed by atoms with Crippen LogP contribution in [0.1, 0.15) is 11.1 Å². The van der Waals surface area contributed by atoms with Crippen molar-refractivity contribution in [3.8, 4) is 11.4 Å². The summed E-state index contributed by atoms with van der Waals surface area (Å²) in [4.78, 5) is 4.74. The van der Waals surface area contributed by atoms with Crippen LogP contribution < -0.4 is 0 Å². The van der Waals surface area contributed by atoms with Crippen molar-refractivity contribution >= 4 is 11.0 Å². The maximum Gasteiger partial charge on any atom is 0.140 e. The fourth-order valence-corrected chi connectivity index (χ4v) is 2.27. The average molecular weight is 236 g/mol. The van der Waals surface area contributed by atoms with Crippen LogP contribution in [0.5, 0.6) is 0 Å². The van der Waals surface area contributed by atoms with Gasteiger partial charge in [0.1, 0.15) is 5.82 Å². The number of nitrogens with zero attached hydrogens (tertiary/aromatic N) is 2. The van der Waals surface area contributed by atoms with Gasteiger partial charge in [-0.1, -0.05) is 35.9 Å². The van der Waals surface area contributed by atoms with Crippen molar-refractivity contribution in [1.82, 2.24) is 9.55 Å². The van der Waals surface area contributed by atoms with Gasteiger partial charge in [0.05, 0.1) is 11.0 Å². The van der Waals surface area contributed by atoms with Crippen LogP contribution in [0.15, 0.2) is 42.5 Å². The lowest BCUT2D eigenvalue weighted by Gasteiger charge is -2.02. The van der Waals surface area contributed by atoms with E-state index in [4.69, 9.17) is 4.98 Å². The topological polar surface area (TPSA) is 17.8 Å². The zero-order valence-electron chi connectivity index (χ0n) is 10.9. The molecule has 0 atom stereocenters. The van der Waals surface area contributed by atoms with Crippen LogP contribution in [-0.4, -0.2) is 9.55 Å². The Kier molecular flexibility index (Phi) is 2.44. The minimum Gasteiger partial charge on any atom is -0.327 e. The highest BCUT2D eigenvalue weighted by Gasteiger charge is 2.09. The highest BCUT2D eigenvalue weighted by Crippen LogP contribution is 2.24. The molecule has 0 saturated carbocycles. The summed E-state index contributed by atoms with van der Waals surface area (Å²) in [6, 6.07) is 14.9. The van der Waals surface area contributed by atoms with Crippen molar-refractivity contribution in [2.24, 2.45) is 7.05 Å². The Hall–Kier alpha value is -2.09. The lowest BCUT2D eigenvalue weighted by molar-refractivity contribution is 0.959. The first kappa shape index (κ1) is 11.0. The molecule has 2 aromatic carbocycles. The molecule has 0 aliphatic carbocycles. The van der Waals surface area contributed by atoms with E-state index in [9.17, 15) is 0 Å². The summed E-state index contributed by atoms with van der Waals surface area (Å²) in [6.45, 7) is 4.20. The second-order valence-corrected chi connectivity index (χ2v) is 4.85. The van der Waals surface area contributed by atoms with E-state index >= 15 is 0 Å². The second kappa shape index (κ2) is 3.98. The third-order valence-corrected chi connectivity index (χ3v) is 3.35. The Morgan fingerprint density at radius 2 is 1.56 bits per heavy atom. The molecule has 1 aromatic heterocycles. The quantitative estimate of drug-likeness (QED) is 0.627. The molecular weight excluding hydrogens is 220 g/mol. The third kappa shape index (κ3) is 1.70. The zero-order valence-corrected chi connectivity index (χ0v) is 10.9. The van der Waals surface area contributed by atoms with E-state index in [1.54, 1.807) is 0 Å². The van der Waals surface area contributed by atoms with Gasteiger partial charge >= 0.3 is 0 Å². The molecule has 1 heterocycles. The maximum atomic E-state index is 4.74. The average Bonchev–Trinajstić information content (AvgIpc) is 2.67. The fourth-order valence-electron chi connectivity index (χ4n) is 2.27. The van der Waals surface area contributed by atoms with Crippen LogP contribution in [-0.2, 0) is 7.05 Å². The number of aryl methyl sites for hydroxylation is 3. The number of rotatable bonds is 1. The van der Waals surface area contributed by atoms with E-state index in [-0.39, 0.29) is 0 Å². The van der Waals surface area contributed by atoms with Crippen molar-refractivity contribution in [2.75, 3.05) is 0 Å². The van der Waals surface area contributed by atoms with Crippen LogP contribution >= 0.6 is 0 Å². The molecule has 0 saturated heterocycles. The smallest absolute Gasteiger partial charge is 0.140 e. The van der Waals surface area contributed by atoms with E-state index in [0.29, 0.717) is 0 Å². The Labute approximate surface area is 107 Å². The Morgan fingerprint density at radius 1 is 0.889 bits per heavy atom. The second-order valence-electron chi connectivity index (χ2n) is 4.85. The van der Waals surface area contributed by atoms with Crippen LogP contribution in [0.4, 0.5) is 0 Å². The molecule has 0 N–H and O–H groups in total. The van der Waals surface area contributed by atoms with Crippen LogP contribution in [0, 0.1) is 13.8 Å². The highest BCUT2D eigenvalue weighted by molar-refractivity contribution is 5.81. The molecule has 3 rings (SSSR count). The van der Waals surface area contributed by atoms with Crippen LogP contribution in [0.25, 0.3) is 22.4 Å². The summed E-state index contributed by atoms with van der Waals surface area (Å²) in [6.07, 6.45) is 0. The van der Waals surface area contributed by atoms with Gasteiger partial charge in [-0.15, -0.1) is 0 Å². The number of benzene rings is 2. The van der Waals surface area contributed by atoms with Crippen molar-refractivity contribution in [3.63, 3.8) is 0 Å². The first-order chi connectivity index (χ1) is 8.65. The number of fused-ring (bicyclic) bond motifs is 1. The molecule has 90 valence electrons. The molecule has 0 bridgehead atoms. The third-order valence-electron chi connectivity index (χ3n) is 3.35. The number of hydrogen-bond donors (Lipinski definition) is 0. The van der Waals surface area contributed by atoms with Crippen molar-refractivity contribution < 1.29 is 0 Å². The predicted molar refractivity (Wildman–Crippen MR) is 75.6 cm³/mol. The Balaban J connectivity index is 2.23. The van der Waals surface area contributed by atoms with E-state index in [2.05, 4.69) is 67.9 Å². The molecule has 0 unspecified atom stereocenters. The van der Waals surface area contributed by atoms with Gasteiger partial charge in [0.15, 0.2) is 0 Å². The zero-order chi connectivity index (χ0) is 12.7. The highest BCUT2D eigenvalue weighted by atomic mass is 15.1. The normalized spacial score (nSPS) is 11.1. The van der Waals surface area contributed by atoms with Gasteiger partial charge in [-0.2, -0.15) is 0 Å². The molecule has 0 amide bonds. The summed E-state index contributed by atoms with van der Waals surface area (Å²) in [5.41, 5.74) is 5.92.